The first kappa shape index (κ1) is 21.7. The number of benzene rings is 3. The smallest absolute Gasteiger partial charge is 0.347 e. The number of aromatic nitrogens is 1. The highest BCUT2D eigenvalue weighted by atomic mass is 35.5. The van der Waals surface area contributed by atoms with Gasteiger partial charge in [0.1, 0.15) is 5.75 Å². The van der Waals surface area contributed by atoms with Gasteiger partial charge in [0.15, 0.2) is 6.10 Å². The van der Waals surface area contributed by atoms with Crippen LogP contribution in [0.5, 0.6) is 5.75 Å². The van der Waals surface area contributed by atoms with Gasteiger partial charge < -0.3 is 14.0 Å². The molecule has 0 saturated carbocycles. The molecule has 0 radical (unpaired) electrons. The molecule has 0 saturated heterocycles. The van der Waals surface area contributed by atoms with E-state index in [1.54, 1.807) is 6.92 Å². The molecule has 1 aromatic heterocycles. The molecule has 4 nitrogen and oxygen atoms in total. The van der Waals surface area contributed by atoms with Crippen molar-refractivity contribution in [1.82, 2.24) is 4.57 Å². The molecule has 1 atom stereocenters. The number of esters is 1. The summed E-state index contributed by atoms with van der Waals surface area (Å²) in [5, 5.41) is 0.704. The van der Waals surface area contributed by atoms with Gasteiger partial charge in [-0.25, -0.2) is 4.79 Å². The lowest BCUT2D eigenvalue weighted by atomic mass is 10.1. The van der Waals surface area contributed by atoms with Crippen LogP contribution in [0.15, 0.2) is 97.2 Å². The molecular weight excluding hydrogens is 422 g/mol. The van der Waals surface area contributed by atoms with Crippen molar-refractivity contribution >= 4 is 17.6 Å². The molecule has 0 aliphatic heterocycles. The van der Waals surface area contributed by atoms with Gasteiger partial charge in [0.05, 0.1) is 12.3 Å². The minimum Gasteiger partial charge on any atom is -0.478 e. The molecule has 0 fully saturated rings. The number of hydrogen-bond donors (Lipinski definition) is 0. The summed E-state index contributed by atoms with van der Waals surface area (Å²) in [5.74, 6) is 0.254. The lowest BCUT2D eigenvalue weighted by Crippen LogP contribution is -2.31. The van der Waals surface area contributed by atoms with E-state index in [4.69, 9.17) is 21.1 Å². The number of halogens is 1. The second kappa shape index (κ2) is 10.2. The fourth-order valence-electron chi connectivity index (χ4n) is 3.55. The van der Waals surface area contributed by atoms with Crippen LogP contribution in [0.2, 0.25) is 5.02 Å². The van der Waals surface area contributed by atoms with E-state index in [2.05, 4.69) is 10.6 Å². The van der Waals surface area contributed by atoms with Gasteiger partial charge >= 0.3 is 5.97 Å². The highest BCUT2D eigenvalue weighted by Gasteiger charge is 2.22. The van der Waals surface area contributed by atoms with Crippen LogP contribution in [-0.2, 0) is 16.0 Å². The third-order valence-electron chi connectivity index (χ3n) is 5.10. The molecule has 0 N–H and O–H groups in total. The zero-order valence-corrected chi connectivity index (χ0v) is 18.5. The van der Waals surface area contributed by atoms with Crippen LogP contribution in [-0.4, -0.2) is 23.2 Å². The van der Waals surface area contributed by atoms with Crippen molar-refractivity contribution in [2.75, 3.05) is 6.61 Å². The predicted octanol–water partition coefficient (Wildman–Crippen LogP) is 6.35. The maximum absolute atomic E-state index is 12.5. The molecule has 1 heterocycles. The zero-order chi connectivity index (χ0) is 22.3. The Bertz CT molecular complexity index is 1150. The van der Waals surface area contributed by atoms with Gasteiger partial charge in [-0.05, 0) is 78.7 Å². The highest BCUT2D eigenvalue weighted by molar-refractivity contribution is 6.30. The molecule has 162 valence electrons. The summed E-state index contributed by atoms with van der Waals surface area (Å²) < 4.78 is 13.4. The maximum atomic E-state index is 12.5. The maximum Gasteiger partial charge on any atom is 0.347 e. The molecule has 4 aromatic rings. The van der Waals surface area contributed by atoms with Gasteiger partial charge in [-0.1, -0.05) is 41.9 Å². The van der Waals surface area contributed by atoms with Crippen molar-refractivity contribution in [3.05, 3.63) is 108 Å². The van der Waals surface area contributed by atoms with Crippen LogP contribution >= 0.6 is 11.6 Å². The van der Waals surface area contributed by atoms with Gasteiger partial charge in [0.25, 0.3) is 0 Å². The van der Waals surface area contributed by atoms with Gasteiger partial charge in [-0.3, -0.25) is 0 Å². The van der Waals surface area contributed by atoms with E-state index in [9.17, 15) is 4.79 Å². The Morgan fingerprint density at radius 3 is 2.31 bits per heavy atom. The molecule has 0 unspecified atom stereocenters. The van der Waals surface area contributed by atoms with Gasteiger partial charge in [0, 0.05) is 23.3 Å². The summed E-state index contributed by atoms with van der Waals surface area (Å²) in [5.41, 5.74) is 4.13. The highest BCUT2D eigenvalue weighted by Crippen LogP contribution is 2.27. The molecule has 0 aliphatic carbocycles. The largest absolute Gasteiger partial charge is 0.478 e. The molecule has 0 aliphatic rings. The van der Waals surface area contributed by atoms with E-state index in [1.165, 1.54) is 0 Å². The summed E-state index contributed by atoms with van der Waals surface area (Å²) in [7, 11) is 0. The number of hydrogen-bond acceptors (Lipinski definition) is 3. The first-order valence-electron chi connectivity index (χ1n) is 10.5. The monoisotopic (exact) mass is 445 g/mol. The number of rotatable bonds is 8. The van der Waals surface area contributed by atoms with E-state index in [0.717, 1.165) is 22.5 Å². The van der Waals surface area contributed by atoms with Gasteiger partial charge in [-0.2, -0.15) is 0 Å². The lowest BCUT2D eigenvalue weighted by Gasteiger charge is -2.18. The van der Waals surface area contributed by atoms with Gasteiger partial charge in [0.2, 0.25) is 0 Å². The Kier molecular flexibility index (Phi) is 6.93. The van der Waals surface area contributed by atoms with Crippen LogP contribution in [0.1, 0.15) is 12.5 Å². The topological polar surface area (TPSA) is 40.5 Å². The Hall–Kier alpha value is -3.50. The van der Waals surface area contributed by atoms with E-state index < -0.39 is 6.10 Å². The predicted molar refractivity (Wildman–Crippen MR) is 127 cm³/mol. The minimum absolute atomic E-state index is 0.314. The van der Waals surface area contributed by atoms with Crippen molar-refractivity contribution < 1.29 is 14.3 Å². The van der Waals surface area contributed by atoms with Crippen molar-refractivity contribution in [1.29, 1.82) is 0 Å². The Morgan fingerprint density at radius 2 is 1.62 bits per heavy atom. The summed E-state index contributed by atoms with van der Waals surface area (Å²) in [6.07, 6.45) is 1.75. The lowest BCUT2D eigenvalue weighted by molar-refractivity contribution is -0.151. The molecular formula is C27H24ClNO3. The molecule has 0 bridgehead atoms. The number of carbonyl (C=O) groups is 1. The molecule has 5 heteroatoms. The van der Waals surface area contributed by atoms with Crippen LogP contribution < -0.4 is 4.74 Å². The fourth-order valence-corrected chi connectivity index (χ4v) is 3.67. The normalized spacial score (nSPS) is 11.7. The summed E-state index contributed by atoms with van der Waals surface area (Å²) in [6.45, 7) is 2.11. The Labute approximate surface area is 193 Å². The minimum atomic E-state index is -0.707. The van der Waals surface area contributed by atoms with E-state index in [-0.39, 0.29) is 5.97 Å². The summed E-state index contributed by atoms with van der Waals surface area (Å²) in [4.78, 5) is 12.5. The van der Waals surface area contributed by atoms with E-state index in [0.29, 0.717) is 23.8 Å². The van der Waals surface area contributed by atoms with Crippen molar-refractivity contribution in [2.24, 2.45) is 0 Å². The first-order chi connectivity index (χ1) is 15.6. The number of nitrogens with zero attached hydrogens (tertiary/aromatic N) is 1. The summed E-state index contributed by atoms with van der Waals surface area (Å²) in [6, 6.07) is 29.3. The van der Waals surface area contributed by atoms with Crippen molar-refractivity contribution in [3.63, 3.8) is 0 Å². The van der Waals surface area contributed by atoms with Crippen LogP contribution in [0, 0.1) is 0 Å². The molecule has 4 rings (SSSR count). The third-order valence-corrected chi connectivity index (χ3v) is 5.35. The van der Waals surface area contributed by atoms with E-state index >= 15 is 0 Å². The van der Waals surface area contributed by atoms with Crippen molar-refractivity contribution in [2.45, 2.75) is 19.4 Å². The fraction of sp³-hybridized carbons (Fsp3) is 0.148. The third kappa shape index (κ3) is 5.21. The second-order valence-corrected chi connectivity index (χ2v) is 7.75. The second-order valence-electron chi connectivity index (χ2n) is 7.31. The zero-order valence-electron chi connectivity index (χ0n) is 17.8. The van der Waals surface area contributed by atoms with E-state index in [1.807, 2.05) is 91.1 Å². The van der Waals surface area contributed by atoms with Gasteiger partial charge in [-0.15, -0.1) is 0 Å². The standard InChI is InChI=1S/C27H24ClNO3/c1-2-31-27(30)26(19-20-7-4-3-5-8-20)32-24-16-10-21(11-17-24)25-9-6-18-29(25)23-14-12-22(28)13-15-23/h3-18,26H,2,19H2,1H3/t26-/m1/s1. The van der Waals surface area contributed by atoms with Crippen LogP contribution in [0.3, 0.4) is 0 Å². The van der Waals surface area contributed by atoms with Crippen LogP contribution in [0.4, 0.5) is 0 Å². The number of ether oxygens (including phenoxy) is 2. The molecule has 3 aromatic carbocycles. The van der Waals surface area contributed by atoms with Crippen LogP contribution in [0.25, 0.3) is 16.9 Å². The quantitative estimate of drug-likeness (QED) is 0.297. The molecule has 0 amide bonds. The SMILES string of the molecule is CCOC(=O)[C@@H](Cc1ccccc1)Oc1ccc(-c2cccn2-c2ccc(Cl)cc2)cc1. The summed E-state index contributed by atoms with van der Waals surface area (Å²) >= 11 is 6.03. The number of carbonyl (C=O) groups excluding carboxylic acids is 1. The average Bonchev–Trinajstić information content (AvgIpc) is 3.30. The molecule has 0 spiro atoms. The Balaban J connectivity index is 1.53. The van der Waals surface area contributed by atoms with Crippen molar-refractivity contribution in [3.8, 4) is 22.7 Å². The molecule has 32 heavy (non-hydrogen) atoms. The Morgan fingerprint density at radius 1 is 0.906 bits per heavy atom. The average molecular weight is 446 g/mol. The first-order valence-corrected chi connectivity index (χ1v) is 10.9.